The van der Waals surface area contributed by atoms with Crippen LogP contribution in [0.4, 0.5) is 0 Å². The second-order valence-electron chi connectivity index (χ2n) is 25.0. The molecule has 0 atom stereocenters. The van der Waals surface area contributed by atoms with Crippen molar-refractivity contribution in [1.82, 2.24) is 39.0 Å². The Balaban J connectivity index is 0.000000147. The van der Waals surface area contributed by atoms with E-state index in [2.05, 4.69) is 335 Å². The highest BCUT2D eigenvalue weighted by atomic mass is 15.0. The van der Waals surface area contributed by atoms with E-state index in [1.807, 2.05) is 43.0 Å². The molecule has 0 unspecified atom stereocenters. The average Bonchev–Trinajstić information content (AvgIpc) is 0.923. The minimum atomic E-state index is 0.688. The third-order valence-electron chi connectivity index (χ3n) is 19.1. The van der Waals surface area contributed by atoms with E-state index in [0.717, 1.165) is 128 Å². The molecule has 0 aliphatic carbocycles. The summed E-state index contributed by atoms with van der Waals surface area (Å²) < 4.78 is 4.61. The van der Waals surface area contributed by atoms with E-state index in [9.17, 15) is 0 Å². The summed E-state index contributed by atoms with van der Waals surface area (Å²) in [6, 6.07) is 117. The fraction of sp³-hybridized carbons (Fsp3) is 0. The average molecular weight is 1280 g/mol. The summed E-state index contributed by atoms with van der Waals surface area (Å²) in [6.45, 7) is 0. The van der Waals surface area contributed by atoms with E-state index >= 15 is 0 Å². The molecule has 0 spiro atoms. The molecule has 19 rings (SSSR count). The number of benzene rings is 13. The maximum atomic E-state index is 5.20. The van der Waals surface area contributed by atoms with Gasteiger partial charge in [-0.1, -0.05) is 249 Å². The Morgan fingerprint density at radius 1 is 0.210 bits per heavy atom. The second kappa shape index (κ2) is 25.5. The highest BCUT2D eigenvalue weighted by Gasteiger charge is 2.21. The Morgan fingerprint density at radius 2 is 0.570 bits per heavy atom. The molecule has 0 bridgehead atoms. The van der Waals surface area contributed by atoms with E-state index in [0.29, 0.717) is 5.82 Å². The zero-order chi connectivity index (χ0) is 66.3. The highest BCUT2D eigenvalue weighted by molar-refractivity contribution is 6.21. The zero-order valence-corrected chi connectivity index (χ0v) is 54.2. The standard InChI is InChI=1S/C51H34N4.C41H26N4/c1-4-12-35(13-5-1)39-16-10-18-42(30-39)48-33-47(53-51(54-48)43-19-11-17-40(31-43)36-14-6-2-7-15-36)38-24-22-37(23-25-38)41-26-27-49-45(32-41)46-34-52-29-28-50(46)55(49)44-20-8-3-9-21-44;1-3-11-27(12-4-1)40-30-15-7-9-17-32(30)41(33-18-10-8-16-31(33)40)37-24-36(43-26-44-37)28-19-20-38-34(23-28)35-25-42-22-21-39(35)45(38)29-13-5-2-6-14-29/h1-34H;1-26H. The van der Waals surface area contributed by atoms with Gasteiger partial charge in [-0.05, 0) is 151 Å². The predicted molar refractivity (Wildman–Crippen MR) is 412 cm³/mol. The number of fused-ring (bicyclic) bond motifs is 8. The Kier molecular flexibility index (Phi) is 15.1. The molecule has 100 heavy (non-hydrogen) atoms. The van der Waals surface area contributed by atoms with E-state index in [4.69, 9.17) is 19.9 Å². The summed E-state index contributed by atoms with van der Waals surface area (Å²) in [7, 11) is 0. The first kappa shape index (κ1) is 59.0. The van der Waals surface area contributed by atoms with Crippen LogP contribution >= 0.6 is 0 Å². The normalized spacial score (nSPS) is 11.4. The Labute approximate surface area is 577 Å². The predicted octanol–water partition coefficient (Wildman–Crippen LogP) is 23.2. The molecule has 6 aromatic heterocycles. The van der Waals surface area contributed by atoms with Crippen LogP contribution in [0.2, 0.25) is 0 Å². The van der Waals surface area contributed by atoms with Gasteiger partial charge in [-0.25, -0.2) is 19.9 Å². The molecule has 0 saturated carbocycles. The van der Waals surface area contributed by atoms with Gasteiger partial charge in [-0.2, -0.15) is 0 Å². The van der Waals surface area contributed by atoms with Gasteiger partial charge in [0.05, 0.1) is 44.8 Å². The van der Waals surface area contributed by atoms with Crippen LogP contribution in [-0.4, -0.2) is 39.0 Å². The number of rotatable bonds is 11. The number of hydrogen-bond donors (Lipinski definition) is 0. The summed E-state index contributed by atoms with van der Waals surface area (Å²) in [6.07, 6.45) is 9.34. The largest absolute Gasteiger partial charge is 0.309 e. The topological polar surface area (TPSA) is 87.2 Å². The molecule has 468 valence electrons. The Hall–Kier alpha value is -13.6. The van der Waals surface area contributed by atoms with Gasteiger partial charge in [0.2, 0.25) is 0 Å². The van der Waals surface area contributed by atoms with E-state index < -0.39 is 0 Å². The van der Waals surface area contributed by atoms with Crippen molar-refractivity contribution in [3.8, 4) is 112 Å². The molecule has 19 aromatic rings. The van der Waals surface area contributed by atoms with Crippen LogP contribution in [0.5, 0.6) is 0 Å². The summed E-state index contributed by atoms with van der Waals surface area (Å²) >= 11 is 0. The molecule has 6 heterocycles. The molecular weight excluding hydrogens is 1220 g/mol. The number of para-hydroxylation sites is 2. The Bertz CT molecular complexity index is 6090. The van der Waals surface area contributed by atoms with Crippen molar-refractivity contribution >= 4 is 65.2 Å². The fourth-order valence-corrected chi connectivity index (χ4v) is 14.4. The number of hydrogen-bond acceptors (Lipinski definition) is 6. The molecular formula is C92H60N8. The number of pyridine rings is 2. The maximum Gasteiger partial charge on any atom is 0.160 e. The lowest BCUT2D eigenvalue weighted by Crippen LogP contribution is -1.96. The molecule has 0 saturated heterocycles. The zero-order valence-electron chi connectivity index (χ0n) is 54.2. The van der Waals surface area contributed by atoms with Crippen molar-refractivity contribution < 1.29 is 0 Å². The van der Waals surface area contributed by atoms with Gasteiger partial charge < -0.3 is 9.13 Å². The molecule has 0 fully saturated rings. The van der Waals surface area contributed by atoms with Gasteiger partial charge in [0.1, 0.15) is 6.33 Å². The fourth-order valence-electron chi connectivity index (χ4n) is 14.4. The molecule has 8 heteroatoms. The quantitative estimate of drug-likeness (QED) is 0.120. The first-order valence-electron chi connectivity index (χ1n) is 33.6. The summed E-state index contributed by atoms with van der Waals surface area (Å²) in [5, 5.41) is 9.33. The Morgan fingerprint density at radius 3 is 1.12 bits per heavy atom. The van der Waals surface area contributed by atoms with E-state index in [-0.39, 0.29) is 0 Å². The molecule has 0 amide bonds. The van der Waals surface area contributed by atoms with Crippen molar-refractivity contribution in [2.24, 2.45) is 0 Å². The van der Waals surface area contributed by atoms with Crippen molar-refractivity contribution in [1.29, 1.82) is 0 Å². The molecule has 0 aliphatic rings. The number of nitrogens with zero attached hydrogens (tertiary/aromatic N) is 8. The third-order valence-corrected chi connectivity index (χ3v) is 19.1. The first-order chi connectivity index (χ1) is 49.6. The lowest BCUT2D eigenvalue weighted by atomic mass is 9.87. The minimum absolute atomic E-state index is 0.688. The first-order valence-corrected chi connectivity index (χ1v) is 33.6. The van der Waals surface area contributed by atoms with Gasteiger partial charge >= 0.3 is 0 Å². The van der Waals surface area contributed by atoms with Crippen LogP contribution in [0, 0.1) is 0 Å². The number of aromatic nitrogens is 8. The molecule has 13 aromatic carbocycles. The van der Waals surface area contributed by atoms with Crippen LogP contribution in [0.3, 0.4) is 0 Å². The highest BCUT2D eigenvalue weighted by Crippen LogP contribution is 2.45. The second-order valence-corrected chi connectivity index (χ2v) is 25.0. The van der Waals surface area contributed by atoms with Crippen LogP contribution in [0.25, 0.3) is 177 Å². The molecule has 0 radical (unpaired) electrons. The molecule has 8 nitrogen and oxygen atoms in total. The van der Waals surface area contributed by atoms with Gasteiger partial charge in [0, 0.05) is 85.5 Å². The van der Waals surface area contributed by atoms with Crippen molar-refractivity contribution in [3.63, 3.8) is 0 Å². The van der Waals surface area contributed by atoms with E-state index in [1.54, 1.807) is 6.33 Å². The maximum absolute atomic E-state index is 5.20. The van der Waals surface area contributed by atoms with Gasteiger partial charge in [0.15, 0.2) is 5.82 Å². The van der Waals surface area contributed by atoms with Gasteiger partial charge in [-0.15, -0.1) is 0 Å². The van der Waals surface area contributed by atoms with Crippen LogP contribution in [-0.2, 0) is 0 Å². The van der Waals surface area contributed by atoms with Crippen molar-refractivity contribution in [2.75, 3.05) is 0 Å². The van der Waals surface area contributed by atoms with Gasteiger partial charge in [-0.3, -0.25) is 9.97 Å². The van der Waals surface area contributed by atoms with Crippen LogP contribution < -0.4 is 0 Å². The molecule has 0 aliphatic heterocycles. The molecule has 0 N–H and O–H groups in total. The summed E-state index contributed by atoms with van der Waals surface area (Å²) in [5.74, 6) is 0.688. The lowest BCUT2D eigenvalue weighted by molar-refractivity contribution is 1.17. The van der Waals surface area contributed by atoms with E-state index in [1.165, 1.54) is 43.6 Å². The third kappa shape index (κ3) is 10.9. The van der Waals surface area contributed by atoms with Crippen molar-refractivity contribution in [2.45, 2.75) is 0 Å². The lowest BCUT2D eigenvalue weighted by Gasteiger charge is -2.17. The monoisotopic (exact) mass is 1280 g/mol. The minimum Gasteiger partial charge on any atom is -0.309 e. The van der Waals surface area contributed by atoms with Crippen LogP contribution in [0.15, 0.2) is 365 Å². The van der Waals surface area contributed by atoms with Crippen molar-refractivity contribution in [3.05, 3.63) is 365 Å². The SMILES string of the molecule is c1ccc(-c2c3ccccc3c(-c3cc(-c4ccc5c(c4)c4cnccc4n5-c4ccccc4)ncn3)c3ccccc23)cc1.c1ccc(-c2cccc(-c3cc(-c4ccc(-c5ccc6c(c5)c5cnccc5n6-c5ccccc5)cc4)nc(-c4cccc(-c5ccccc5)c4)n3)c2)cc1. The summed E-state index contributed by atoms with van der Waals surface area (Å²) in [4.78, 5) is 29.0. The smallest absolute Gasteiger partial charge is 0.160 e. The summed E-state index contributed by atoms with van der Waals surface area (Å²) in [5.41, 5.74) is 24.9. The van der Waals surface area contributed by atoms with Gasteiger partial charge in [0.25, 0.3) is 0 Å². The van der Waals surface area contributed by atoms with Crippen LogP contribution in [0.1, 0.15) is 0 Å².